The molecule has 0 bridgehead atoms. The molecule has 1 aromatic carbocycles. The van der Waals surface area contributed by atoms with Gasteiger partial charge in [0.05, 0.1) is 4.92 Å². The van der Waals surface area contributed by atoms with Crippen LogP contribution in [0.4, 0.5) is 5.69 Å². The molecule has 0 saturated carbocycles. The molecule has 21 heavy (non-hydrogen) atoms. The second kappa shape index (κ2) is 5.44. The monoisotopic (exact) mass is 353 g/mol. The fraction of sp³-hybridized carbons (Fsp3) is 0.0833. The van der Waals surface area contributed by atoms with E-state index < -0.39 is 22.0 Å². The van der Waals surface area contributed by atoms with Crippen molar-refractivity contribution in [3.05, 3.63) is 60.5 Å². The second-order valence-corrected chi connectivity index (χ2v) is 5.05. The summed E-state index contributed by atoms with van der Waals surface area (Å²) in [6, 6.07) is 4.23. The van der Waals surface area contributed by atoms with Gasteiger partial charge in [-0.3, -0.25) is 14.9 Å². The van der Waals surface area contributed by atoms with Crippen LogP contribution in [0.3, 0.4) is 0 Å². The highest BCUT2D eigenvalue weighted by atomic mass is 79.9. The summed E-state index contributed by atoms with van der Waals surface area (Å²) in [5, 5.41) is 23.7. The summed E-state index contributed by atoms with van der Waals surface area (Å²) < 4.78 is 1.51. The maximum atomic E-state index is 11.7. The number of carboxylic acids is 1. The van der Waals surface area contributed by atoms with Crippen LogP contribution in [0.2, 0.25) is 0 Å². The van der Waals surface area contributed by atoms with Crippen LogP contribution >= 0.6 is 15.9 Å². The fourth-order valence-electron chi connectivity index (χ4n) is 1.71. The molecule has 0 atom stereocenters. The summed E-state index contributed by atoms with van der Waals surface area (Å²) in [5.41, 5.74) is -1.49. The van der Waals surface area contributed by atoms with E-state index in [2.05, 4.69) is 21.0 Å². The minimum atomic E-state index is -1.49. The highest BCUT2D eigenvalue weighted by Gasteiger charge is 2.20. The molecule has 0 fully saturated rings. The third-order valence-corrected chi connectivity index (χ3v) is 3.17. The van der Waals surface area contributed by atoms with E-state index in [1.807, 2.05) is 0 Å². The Balaban J connectivity index is 2.76. The lowest BCUT2D eigenvalue weighted by Crippen LogP contribution is -2.23. The first-order chi connectivity index (χ1) is 9.81. The maximum absolute atomic E-state index is 11.7. The molecule has 0 aliphatic rings. The van der Waals surface area contributed by atoms with Gasteiger partial charge in [0.2, 0.25) is 11.1 Å². The topological polar surface area (TPSA) is 115 Å². The molecule has 8 nitrogen and oxygen atoms in total. The number of aromatic carboxylic acids is 1. The van der Waals surface area contributed by atoms with Crippen LogP contribution in [-0.4, -0.2) is 25.8 Å². The molecule has 9 heteroatoms. The molecule has 0 unspecified atom stereocenters. The predicted octanol–water partition coefficient (Wildman–Crippen LogP) is 1.91. The number of nitro groups is 1. The van der Waals surface area contributed by atoms with E-state index in [-0.39, 0.29) is 16.9 Å². The minimum Gasteiger partial charge on any atom is -0.476 e. The van der Waals surface area contributed by atoms with Gasteiger partial charge in [0.15, 0.2) is 0 Å². The SMILES string of the molecule is Cc1cn(-c2ccc(Br)cc2[N+](=O)[O-])nc(C(=O)O)c1=O. The number of carbonyl (C=O) groups is 1. The molecule has 1 aromatic heterocycles. The Kier molecular flexibility index (Phi) is 3.85. The summed E-state index contributed by atoms with van der Waals surface area (Å²) >= 11 is 3.12. The zero-order valence-corrected chi connectivity index (χ0v) is 12.2. The van der Waals surface area contributed by atoms with Crippen LogP contribution < -0.4 is 5.43 Å². The average Bonchev–Trinajstić information content (AvgIpc) is 2.41. The van der Waals surface area contributed by atoms with E-state index in [1.165, 1.54) is 25.3 Å². The lowest BCUT2D eigenvalue weighted by molar-refractivity contribution is -0.384. The molecule has 0 saturated heterocycles. The van der Waals surface area contributed by atoms with Gasteiger partial charge in [-0.05, 0) is 19.1 Å². The first-order valence-electron chi connectivity index (χ1n) is 5.59. The van der Waals surface area contributed by atoms with Crippen molar-refractivity contribution in [3.63, 3.8) is 0 Å². The first kappa shape index (κ1) is 14.9. The Hall–Kier alpha value is -2.55. The van der Waals surface area contributed by atoms with Crippen molar-refractivity contribution in [2.75, 3.05) is 0 Å². The average molecular weight is 354 g/mol. The number of rotatable bonds is 3. The smallest absolute Gasteiger partial charge is 0.360 e. The number of hydrogen-bond donors (Lipinski definition) is 1. The van der Waals surface area contributed by atoms with E-state index in [0.717, 1.165) is 4.68 Å². The molecule has 0 aliphatic heterocycles. The minimum absolute atomic E-state index is 0.0637. The zero-order valence-electron chi connectivity index (χ0n) is 10.6. The van der Waals surface area contributed by atoms with E-state index in [1.54, 1.807) is 6.07 Å². The van der Waals surface area contributed by atoms with Crippen molar-refractivity contribution in [1.29, 1.82) is 0 Å². The van der Waals surface area contributed by atoms with Crippen molar-refractivity contribution in [1.82, 2.24) is 9.78 Å². The molecular weight excluding hydrogens is 346 g/mol. The Morgan fingerprint density at radius 2 is 2.14 bits per heavy atom. The summed E-state index contributed by atoms with van der Waals surface area (Å²) in [4.78, 5) is 33.1. The van der Waals surface area contributed by atoms with Gasteiger partial charge in [0.25, 0.3) is 5.69 Å². The summed E-state index contributed by atoms with van der Waals surface area (Å²) in [5.74, 6) is -1.49. The Bertz CT molecular complexity index is 815. The lowest BCUT2D eigenvalue weighted by atomic mass is 10.2. The molecule has 0 amide bonds. The third kappa shape index (κ3) is 2.82. The summed E-state index contributed by atoms with van der Waals surface area (Å²) in [6.45, 7) is 1.41. The molecule has 2 aromatic rings. The molecule has 2 rings (SSSR count). The van der Waals surface area contributed by atoms with Gasteiger partial charge in [0.1, 0.15) is 5.69 Å². The lowest BCUT2D eigenvalue weighted by Gasteiger charge is -2.08. The predicted molar refractivity (Wildman–Crippen MR) is 75.9 cm³/mol. The van der Waals surface area contributed by atoms with Gasteiger partial charge in [-0.1, -0.05) is 15.9 Å². The molecule has 1 heterocycles. The van der Waals surface area contributed by atoms with Crippen LogP contribution in [0, 0.1) is 17.0 Å². The number of carboxylic acid groups (broad SMARTS) is 1. The van der Waals surface area contributed by atoms with Gasteiger partial charge < -0.3 is 5.11 Å². The molecule has 108 valence electrons. The molecule has 0 radical (unpaired) electrons. The summed E-state index contributed by atoms with van der Waals surface area (Å²) in [7, 11) is 0. The van der Waals surface area contributed by atoms with Crippen molar-refractivity contribution in [3.8, 4) is 5.69 Å². The Labute approximate surface area is 125 Å². The number of benzene rings is 1. The second-order valence-electron chi connectivity index (χ2n) is 4.13. The van der Waals surface area contributed by atoms with Gasteiger partial charge in [0, 0.05) is 22.3 Å². The van der Waals surface area contributed by atoms with Gasteiger partial charge in [-0.2, -0.15) is 5.10 Å². The van der Waals surface area contributed by atoms with Crippen molar-refractivity contribution < 1.29 is 14.8 Å². The molecule has 0 aliphatic carbocycles. The maximum Gasteiger partial charge on any atom is 0.360 e. The number of nitro benzene ring substituents is 1. The van der Waals surface area contributed by atoms with Crippen LogP contribution in [0.15, 0.2) is 33.7 Å². The normalized spacial score (nSPS) is 10.4. The standard InChI is InChI=1S/C12H8BrN3O5/c1-6-5-15(14-10(11(6)17)12(18)19)8-3-2-7(13)4-9(8)16(20)21/h2-5H,1H3,(H,18,19). The summed E-state index contributed by atoms with van der Waals surface area (Å²) in [6.07, 6.45) is 1.25. The molecule has 0 spiro atoms. The first-order valence-corrected chi connectivity index (χ1v) is 6.38. The number of hydrogen-bond acceptors (Lipinski definition) is 5. The van der Waals surface area contributed by atoms with Gasteiger partial charge >= 0.3 is 5.97 Å². The highest BCUT2D eigenvalue weighted by Crippen LogP contribution is 2.26. The number of halogens is 1. The third-order valence-electron chi connectivity index (χ3n) is 2.68. The quantitative estimate of drug-likeness (QED) is 0.665. The van der Waals surface area contributed by atoms with Gasteiger partial charge in [-0.15, -0.1) is 0 Å². The van der Waals surface area contributed by atoms with Crippen molar-refractivity contribution >= 4 is 27.6 Å². The van der Waals surface area contributed by atoms with E-state index in [4.69, 9.17) is 5.11 Å². The van der Waals surface area contributed by atoms with Gasteiger partial charge in [-0.25, -0.2) is 9.48 Å². The molecule has 1 N–H and O–H groups in total. The number of aryl methyl sites for hydroxylation is 1. The fourth-order valence-corrected chi connectivity index (χ4v) is 2.06. The Morgan fingerprint density at radius 3 is 2.71 bits per heavy atom. The van der Waals surface area contributed by atoms with Crippen LogP contribution in [0.5, 0.6) is 0 Å². The van der Waals surface area contributed by atoms with Crippen LogP contribution in [0.1, 0.15) is 16.1 Å². The van der Waals surface area contributed by atoms with Crippen LogP contribution in [0.25, 0.3) is 5.69 Å². The Morgan fingerprint density at radius 1 is 1.48 bits per heavy atom. The zero-order chi connectivity index (χ0) is 15.7. The number of aromatic nitrogens is 2. The highest BCUT2D eigenvalue weighted by molar-refractivity contribution is 9.10. The van der Waals surface area contributed by atoms with E-state index >= 15 is 0 Å². The van der Waals surface area contributed by atoms with E-state index in [9.17, 15) is 19.7 Å². The van der Waals surface area contributed by atoms with Crippen LogP contribution in [-0.2, 0) is 0 Å². The van der Waals surface area contributed by atoms with Crippen molar-refractivity contribution in [2.24, 2.45) is 0 Å². The van der Waals surface area contributed by atoms with Crippen molar-refractivity contribution in [2.45, 2.75) is 6.92 Å². The largest absolute Gasteiger partial charge is 0.476 e. The number of nitrogens with zero attached hydrogens (tertiary/aromatic N) is 3. The van der Waals surface area contributed by atoms with E-state index in [0.29, 0.717) is 4.47 Å². The molecular formula is C12H8BrN3O5.